The van der Waals surface area contributed by atoms with Crippen LogP contribution in [-0.2, 0) is 17.6 Å². The maximum Gasteiger partial charge on any atom is 0.230 e. The van der Waals surface area contributed by atoms with Gasteiger partial charge in [0.05, 0.1) is 11.8 Å². The molecule has 0 radical (unpaired) electrons. The Bertz CT molecular complexity index is 611. The van der Waals surface area contributed by atoms with E-state index in [0.717, 1.165) is 17.4 Å². The van der Waals surface area contributed by atoms with Crippen molar-refractivity contribution in [3.05, 3.63) is 34.9 Å². The van der Waals surface area contributed by atoms with Gasteiger partial charge in [-0.05, 0) is 62.1 Å². The van der Waals surface area contributed by atoms with E-state index in [9.17, 15) is 4.79 Å². The third-order valence-electron chi connectivity index (χ3n) is 4.94. The van der Waals surface area contributed by atoms with E-state index in [1.54, 1.807) is 0 Å². The Morgan fingerprint density at radius 1 is 1.21 bits per heavy atom. The van der Waals surface area contributed by atoms with Crippen molar-refractivity contribution in [3.8, 4) is 0 Å². The molecular weight excluding hydrogens is 336 g/mol. The number of nitrogens with one attached hydrogen (secondary N) is 1. The lowest BCUT2D eigenvalue weighted by molar-refractivity contribution is -0.119. The van der Waals surface area contributed by atoms with Crippen molar-refractivity contribution in [3.63, 3.8) is 0 Å². The van der Waals surface area contributed by atoms with Crippen LogP contribution in [0, 0.1) is 0 Å². The molecule has 1 aromatic rings. The third-order valence-corrected chi connectivity index (χ3v) is 6.46. The maximum absolute atomic E-state index is 12.2. The number of hydrogen-bond acceptors (Lipinski definition) is 3. The van der Waals surface area contributed by atoms with E-state index in [0.29, 0.717) is 5.75 Å². The summed E-state index contributed by atoms with van der Waals surface area (Å²) in [5, 5.41) is 3.11. The zero-order valence-corrected chi connectivity index (χ0v) is 16.0. The highest BCUT2D eigenvalue weighted by atomic mass is 32.2. The Kier molecular flexibility index (Phi) is 6.17. The van der Waals surface area contributed by atoms with Crippen LogP contribution in [0.2, 0.25) is 0 Å². The van der Waals surface area contributed by atoms with E-state index in [-0.39, 0.29) is 11.9 Å². The number of nitrogens with zero attached hydrogens (tertiary/aromatic N) is 1. The summed E-state index contributed by atoms with van der Waals surface area (Å²) < 4.78 is 0.865. The molecule has 5 heteroatoms. The summed E-state index contributed by atoms with van der Waals surface area (Å²) in [6.45, 7) is 4.14. The molecule has 1 atom stereocenters. The van der Waals surface area contributed by atoms with Gasteiger partial charge in [0.25, 0.3) is 0 Å². The monoisotopic (exact) mass is 362 g/mol. The third kappa shape index (κ3) is 4.51. The van der Waals surface area contributed by atoms with Crippen molar-refractivity contribution in [1.82, 2.24) is 10.2 Å². The molecule has 1 saturated heterocycles. The fourth-order valence-corrected chi connectivity index (χ4v) is 4.57. The van der Waals surface area contributed by atoms with Crippen molar-refractivity contribution in [2.75, 3.05) is 18.8 Å². The molecule has 24 heavy (non-hydrogen) atoms. The second kappa shape index (κ2) is 8.34. The summed E-state index contributed by atoms with van der Waals surface area (Å²) in [5.74, 6) is 0.469. The van der Waals surface area contributed by atoms with Gasteiger partial charge < -0.3 is 10.2 Å². The molecule has 0 unspecified atom stereocenters. The first-order valence-corrected chi connectivity index (χ1v) is 10.4. The molecule has 1 aromatic carbocycles. The Labute approximate surface area is 154 Å². The largest absolute Gasteiger partial charge is 0.358 e. The average molecular weight is 363 g/mol. The highest BCUT2D eigenvalue weighted by Crippen LogP contribution is 2.25. The average Bonchev–Trinajstić information content (AvgIpc) is 3.14. The van der Waals surface area contributed by atoms with Crippen LogP contribution in [0.5, 0.6) is 0 Å². The molecule has 0 aromatic heterocycles. The predicted molar refractivity (Wildman–Crippen MR) is 106 cm³/mol. The zero-order chi connectivity index (χ0) is 16.9. The molecule has 0 spiro atoms. The highest BCUT2D eigenvalue weighted by Gasteiger charge is 2.18. The van der Waals surface area contributed by atoms with E-state index in [4.69, 9.17) is 12.2 Å². The Balaban J connectivity index is 1.49. The van der Waals surface area contributed by atoms with Crippen LogP contribution >= 0.6 is 24.0 Å². The van der Waals surface area contributed by atoms with Gasteiger partial charge in [-0.1, -0.05) is 42.2 Å². The van der Waals surface area contributed by atoms with Gasteiger partial charge >= 0.3 is 0 Å². The van der Waals surface area contributed by atoms with Crippen molar-refractivity contribution < 1.29 is 4.79 Å². The molecule has 3 nitrogen and oxygen atoms in total. The Morgan fingerprint density at radius 3 is 2.67 bits per heavy atom. The number of rotatable bonds is 4. The molecule has 0 bridgehead atoms. The molecule has 1 aliphatic carbocycles. The fraction of sp³-hybridized carbons (Fsp3) is 0.579. The number of thiocarbonyl (C=S) groups is 1. The first kappa shape index (κ1) is 17.7. The molecule has 1 heterocycles. The van der Waals surface area contributed by atoms with E-state index < -0.39 is 0 Å². The van der Waals surface area contributed by atoms with Gasteiger partial charge in [-0.15, -0.1) is 0 Å². The second-order valence-electron chi connectivity index (χ2n) is 6.77. The number of carbonyl (C=O) groups excluding carboxylic acids is 1. The molecule has 2 aliphatic rings. The minimum absolute atomic E-state index is 0.0469. The number of benzene rings is 1. The normalized spacial score (nSPS) is 18.1. The number of amides is 1. The van der Waals surface area contributed by atoms with Gasteiger partial charge in [0.15, 0.2) is 0 Å². The van der Waals surface area contributed by atoms with Gasteiger partial charge in [-0.3, -0.25) is 4.79 Å². The van der Waals surface area contributed by atoms with Crippen LogP contribution in [0.4, 0.5) is 0 Å². The number of aryl methyl sites for hydroxylation is 2. The number of thioether (sulfide) groups is 1. The van der Waals surface area contributed by atoms with Crippen LogP contribution in [0.3, 0.4) is 0 Å². The van der Waals surface area contributed by atoms with Gasteiger partial charge in [0, 0.05) is 13.1 Å². The van der Waals surface area contributed by atoms with Crippen LogP contribution in [-0.4, -0.2) is 34.0 Å². The number of carbonyl (C=O) groups is 1. The van der Waals surface area contributed by atoms with Crippen LogP contribution in [0.1, 0.15) is 55.3 Å². The second-order valence-corrected chi connectivity index (χ2v) is 8.38. The minimum atomic E-state index is 0.0469. The lowest BCUT2D eigenvalue weighted by Crippen LogP contribution is -2.30. The van der Waals surface area contributed by atoms with E-state index in [2.05, 4.69) is 35.3 Å². The SMILES string of the molecule is C[C@@H](NC(=O)CSC(=S)N1CCCC1)c1ccc2c(c1)CCCC2. The predicted octanol–water partition coefficient (Wildman–Crippen LogP) is 3.86. The van der Waals surface area contributed by atoms with Gasteiger partial charge in [0.1, 0.15) is 4.32 Å². The van der Waals surface area contributed by atoms with E-state index in [1.807, 2.05) is 0 Å². The molecule has 1 aliphatic heterocycles. The zero-order valence-electron chi connectivity index (χ0n) is 14.3. The molecule has 1 amide bonds. The van der Waals surface area contributed by atoms with E-state index in [1.165, 1.54) is 67.0 Å². The summed E-state index contributed by atoms with van der Waals surface area (Å²) in [5.41, 5.74) is 4.15. The lowest BCUT2D eigenvalue weighted by atomic mass is 9.89. The van der Waals surface area contributed by atoms with Crippen molar-refractivity contribution in [2.24, 2.45) is 0 Å². The highest BCUT2D eigenvalue weighted by molar-refractivity contribution is 8.23. The lowest BCUT2D eigenvalue weighted by Gasteiger charge is -2.20. The van der Waals surface area contributed by atoms with Gasteiger partial charge in [-0.25, -0.2) is 0 Å². The van der Waals surface area contributed by atoms with Crippen LogP contribution < -0.4 is 5.32 Å². The molecule has 0 saturated carbocycles. The summed E-state index contributed by atoms with van der Waals surface area (Å²) in [6.07, 6.45) is 7.36. The summed E-state index contributed by atoms with van der Waals surface area (Å²) in [6, 6.07) is 6.73. The molecule has 1 N–H and O–H groups in total. The van der Waals surface area contributed by atoms with Crippen LogP contribution in [0.15, 0.2) is 18.2 Å². The van der Waals surface area contributed by atoms with Gasteiger partial charge in [0.2, 0.25) is 5.91 Å². The first-order valence-electron chi connectivity index (χ1n) is 8.96. The molecule has 130 valence electrons. The number of fused-ring (bicyclic) bond motifs is 1. The van der Waals surface area contributed by atoms with Crippen molar-refractivity contribution >= 4 is 34.2 Å². The van der Waals surface area contributed by atoms with E-state index >= 15 is 0 Å². The van der Waals surface area contributed by atoms with Crippen LogP contribution in [0.25, 0.3) is 0 Å². The minimum Gasteiger partial charge on any atom is -0.358 e. The summed E-state index contributed by atoms with van der Waals surface area (Å²) in [4.78, 5) is 14.4. The van der Waals surface area contributed by atoms with Gasteiger partial charge in [-0.2, -0.15) is 0 Å². The Hall–Kier alpha value is -1.07. The summed E-state index contributed by atoms with van der Waals surface area (Å²) in [7, 11) is 0. The molecule has 3 rings (SSSR count). The van der Waals surface area contributed by atoms with Crippen molar-refractivity contribution in [1.29, 1.82) is 0 Å². The summed E-state index contributed by atoms with van der Waals surface area (Å²) >= 11 is 6.90. The smallest absolute Gasteiger partial charge is 0.230 e. The quantitative estimate of drug-likeness (QED) is 0.825. The first-order chi connectivity index (χ1) is 11.6. The maximum atomic E-state index is 12.2. The van der Waals surface area contributed by atoms with Crippen molar-refractivity contribution in [2.45, 2.75) is 51.5 Å². The Morgan fingerprint density at radius 2 is 1.92 bits per heavy atom. The fourth-order valence-electron chi connectivity index (χ4n) is 3.51. The number of hydrogen-bond donors (Lipinski definition) is 1. The standard InChI is InChI=1S/C19H26N2OS2/c1-14(16-9-8-15-6-2-3-7-17(15)12-16)20-18(22)13-24-19(23)21-10-4-5-11-21/h8-9,12,14H,2-7,10-11,13H2,1H3,(H,20,22)/t14-/m1/s1. The molecular formula is C19H26N2OS2. The topological polar surface area (TPSA) is 32.3 Å². The molecule has 1 fully saturated rings. The number of likely N-dealkylation sites (tertiary alicyclic amines) is 1.